The summed E-state index contributed by atoms with van der Waals surface area (Å²) in [5.74, 6) is 0. The number of primary sulfonamides is 1. The van der Waals surface area contributed by atoms with Crippen LogP contribution in [0.4, 0.5) is 0 Å². The molecule has 0 bridgehead atoms. The van der Waals surface area contributed by atoms with Crippen LogP contribution >= 0.6 is 0 Å². The van der Waals surface area contributed by atoms with Gasteiger partial charge in [0.1, 0.15) is 0 Å². The normalized spacial score (nSPS) is 21.1. The highest BCUT2D eigenvalue weighted by Crippen LogP contribution is 2.16. The zero-order valence-electron chi connectivity index (χ0n) is 8.36. The van der Waals surface area contributed by atoms with Crippen molar-refractivity contribution in [3.8, 4) is 0 Å². The first-order chi connectivity index (χ1) is 6.97. The van der Waals surface area contributed by atoms with E-state index in [2.05, 4.69) is 7.05 Å². The molecule has 5 heteroatoms. The molecular weight excluding hydrogens is 212 g/mol. The van der Waals surface area contributed by atoms with E-state index in [1.165, 1.54) is 5.56 Å². The second-order valence-electron chi connectivity index (χ2n) is 3.90. The summed E-state index contributed by atoms with van der Waals surface area (Å²) in [4.78, 5) is 1.34. The van der Waals surface area contributed by atoms with Crippen molar-refractivity contribution in [2.45, 2.75) is 17.9 Å². The van der Waals surface area contributed by atoms with E-state index in [9.17, 15) is 8.42 Å². The number of benzene rings is 1. The Morgan fingerprint density at radius 1 is 1.33 bits per heavy atom. The maximum atomic E-state index is 11.2. The number of nitrogens with two attached hydrogens (primary N) is 1. The molecule has 0 aliphatic carbocycles. The summed E-state index contributed by atoms with van der Waals surface area (Å²) in [5, 5.41) is 5.07. The SMILES string of the molecule is [CH2-][NH+]1CCc2ccc(S(N)(=O)=O)cc2C1. The van der Waals surface area contributed by atoms with Crippen LogP contribution in [0.2, 0.25) is 0 Å². The first-order valence-electron chi connectivity index (χ1n) is 4.78. The van der Waals surface area contributed by atoms with E-state index in [1.807, 2.05) is 6.07 Å². The average molecular weight is 226 g/mol. The van der Waals surface area contributed by atoms with Gasteiger partial charge in [-0.2, -0.15) is 7.05 Å². The Morgan fingerprint density at radius 3 is 2.73 bits per heavy atom. The molecule has 15 heavy (non-hydrogen) atoms. The van der Waals surface area contributed by atoms with E-state index in [0.717, 1.165) is 30.0 Å². The summed E-state index contributed by atoms with van der Waals surface area (Å²) >= 11 is 0. The van der Waals surface area contributed by atoms with Crippen LogP contribution < -0.4 is 10.0 Å². The van der Waals surface area contributed by atoms with Crippen LogP contribution in [0.3, 0.4) is 0 Å². The van der Waals surface area contributed by atoms with Gasteiger partial charge in [0.05, 0.1) is 18.0 Å². The molecule has 4 nitrogen and oxygen atoms in total. The van der Waals surface area contributed by atoms with Gasteiger partial charge in [-0.05, 0) is 17.7 Å². The zero-order chi connectivity index (χ0) is 11.1. The number of fused-ring (bicyclic) bond motifs is 1. The van der Waals surface area contributed by atoms with Crippen molar-refractivity contribution >= 4 is 10.0 Å². The van der Waals surface area contributed by atoms with E-state index in [-0.39, 0.29) is 4.90 Å². The van der Waals surface area contributed by atoms with Crippen molar-refractivity contribution in [1.82, 2.24) is 0 Å². The highest BCUT2D eigenvalue weighted by atomic mass is 32.2. The van der Waals surface area contributed by atoms with E-state index in [4.69, 9.17) is 5.14 Å². The highest BCUT2D eigenvalue weighted by molar-refractivity contribution is 7.89. The number of hydrogen-bond acceptors (Lipinski definition) is 2. The molecule has 82 valence electrons. The maximum Gasteiger partial charge on any atom is 0.238 e. The lowest BCUT2D eigenvalue weighted by molar-refractivity contribution is -0.870. The van der Waals surface area contributed by atoms with Crippen molar-refractivity contribution in [1.29, 1.82) is 0 Å². The summed E-state index contributed by atoms with van der Waals surface area (Å²) in [7, 11) is 0.341. The molecule has 3 N–H and O–H groups in total. The van der Waals surface area contributed by atoms with Crippen LogP contribution in [-0.4, -0.2) is 15.0 Å². The van der Waals surface area contributed by atoms with Gasteiger partial charge in [-0.3, -0.25) is 0 Å². The predicted octanol–water partition coefficient (Wildman–Crippen LogP) is -0.933. The van der Waals surface area contributed by atoms with Crippen molar-refractivity contribution < 1.29 is 13.3 Å². The van der Waals surface area contributed by atoms with Crippen molar-refractivity contribution in [3.63, 3.8) is 0 Å². The van der Waals surface area contributed by atoms with Gasteiger partial charge in [-0.25, -0.2) is 13.6 Å². The fraction of sp³-hybridized carbons (Fsp3) is 0.300. The quantitative estimate of drug-likeness (QED) is 0.607. The lowest BCUT2D eigenvalue weighted by Crippen LogP contribution is -3.06. The Morgan fingerprint density at radius 2 is 2.07 bits per heavy atom. The minimum absolute atomic E-state index is 0.191. The van der Waals surface area contributed by atoms with E-state index < -0.39 is 10.0 Å². The molecule has 0 saturated carbocycles. The van der Waals surface area contributed by atoms with Crippen LogP contribution in [0.5, 0.6) is 0 Å². The third-order valence-electron chi connectivity index (χ3n) is 2.69. The Bertz CT molecular complexity index is 482. The molecular formula is C10H14N2O2S. The van der Waals surface area contributed by atoms with Crippen molar-refractivity contribution in [2.75, 3.05) is 6.54 Å². The van der Waals surface area contributed by atoms with Gasteiger partial charge in [0.15, 0.2) is 0 Å². The second kappa shape index (κ2) is 3.59. The second-order valence-corrected chi connectivity index (χ2v) is 5.46. The molecule has 2 rings (SSSR count). The Hall–Kier alpha value is -0.910. The van der Waals surface area contributed by atoms with Crippen LogP contribution in [0.15, 0.2) is 23.1 Å². The molecule has 0 amide bonds. The molecule has 0 aromatic heterocycles. The van der Waals surface area contributed by atoms with Gasteiger partial charge in [0, 0.05) is 12.0 Å². The summed E-state index contributed by atoms with van der Waals surface area (Å²) in [5.41, 5.74) is 2.24. The first kappa shape index (κ1) is 10.6. The number of hydrogen-bond donors (Lipinski definition) is 2. The lowest BCUT2D eigenvalue weighted by Gasteiger charge is -2.27. The van der Waals surface area contributed by atoms with Crippen LogP contribution in [0.25, 0.3) is 0 Å². The van der Waals surface area contributed by atoms with Crippen LogP contribution in [-0.2, 0) is 23.0 Å². The van der Waals surface area contributed by atoms with E-state index in [0.29, 0.717) is 0 Å². The molecule has 0 spiro atoms. The van der Waals surface area contributed by atoms with Gasteiger partial charge < -0.3 is 4.90 Å². The third-order valence-corrected chi connectivity index (χ3v) is 3.61. The largest absolute Gasteiger partial charge is 0.464 e. The van der Waals surface area contributed by atoms with E-state index in [1.54, 1.807) is 12.1 Å². The number of nitrogens with one attached hydrogen (secondary N) is 1. The molecule has 0 saturated heterocycles. The van der Waals surface area contributed by atoms with Gasteiger partial charge in [0.2, 0.25) is 10.0 Å². The zero-order valence-corrected chi connectivity index (χ0v) is 9.18. The minimum atomic E-state index is -3.58. The summed E-state index contributed by atoms with van der Waals surface area (Å²) in [6.45, 7) is 1.75. The maximum absolute atomic E-state index is 11.2. The third kappa shape index (κ3) is 2.19. The molecule has 1 aromatic carbocycles. The standard InChI is InChI=1S/C10H14N2O2S/c1-12-5-4-8-2-3-10(15(11,13)14)6-9(8)7-12/h2-3,6,12H,1,4-5,7H2,(H2,11,13,14). The number of sulfonamides is 1. The summed E-state index contributed by atoms with van der Waals surface area (Å²) in [6, 6.07) is 5.08. The predicted molar refractivity (Wildman–Crippen MR) is 56.4 cm³/mol. The minimum Gasteiger partial charge on any atom is -0.464 e. The average Bonchev–Trinajstić information content (AvgIpc) is 2.15. The van der Waals surface area contributed by atoms with Gasteiger partial charge in [-0.1, -0.05) is 6.07 Å². The highest BCUT2D eigenvalue weighted by Gasteiger charge is 2.16. The fourth-order valence-electron chi connectivity index (χ4n) is 1.86. The molecule has 1 aromatic rings. The van der Waals surface area contributed by atoms with Crippen LogP contribution in [0.1, 0.15) is 11.1 Å². The molecule has 1 heterocycles. The molecule has 0 radical (unpaired) electrons. The number of rotatable bonds is 1. The van der Waals surface area contributed by atoms with Crippen LogP contribution in [0, 0.1) is 7.05 Å². The molecule has 1 aliphatic rings. The summed E-state index contributed by atoms with van der Waals surface area (Å²) < 4.78 is 22.3. The van der Waals surface area contributed by atoms with Gasteiger partial charge >= 0.3 is 0 Å². The molecule has 1 atom stereocenters. The monoisotopic (exact) mass is 226 g/mol. The lowest BCUT2D eigenvalue weighted by atomic mass is 10.0. The van der Waals surface area contributed by atoms with Crippen molar-refractivity contribution in [3.05, 3.63) is 36.4 Å². The first-order valence-corrected chi connectivity index (χ1v) is 6.33. The van der Waals surface area contributed by atoms with E-state index >= 15 is 0 Å². The molecule has 1 aliphatic heterocycles. The van der Waals surface area contributed by atoms with Crippen molar-refractivity contribution in [2.24, 2.45) is 5.14 Å². The number of quaternary nitrogens is 1. The Kier molecular flexibility index (Phi) is 2.54. The fourth-order valence-corrected chi connectivity index (χ4v) is 2.42. The Balaban J connectivity index is 2.46. The molecule has 0 fully saturated rings. The molecule has 1 unspecified atom stereocenters. The van der Waals surface area contributed by atoms with Gasteiger partial charge in [0.25, 0.3) is 0 Å². The van der Waals surface area contributed by atoms with Gasteiger partial charge in [-0.15, -0.1) is 0 Å². The smallest absolute Gasteiger partial charge is 0.238 e. The topological polar surface area (TPSA) is 64.6 Å². The summed E-state index contributed by atoms with van der Waals surface area (Å²) in [6.07, 6.45) is 0.944. The Labute approximate surface area is 89.7 Å².